The summed E-state index contributed by atoms with van der Waals surface area (Å²) in [7, 11) is -0.837. The molecule has 0 aliphatic carbocycles. The van der Waals surface area contributed by atoms with E-state index in [2.05, 4.69) is 10.6 Å². The van der Waals surface area contributed by atoms with Crippen LogP contribution in [0.5, 0.6) is 11.5 Å². The fourth-order valence-corrected chi connectivity index (χ4v) is 5.21. The number of nitrogens with zero attached hydrogens (tertiary/aromatic N) is 1. The molecule has 2 aromatic rings. The summed E-state index contributed by atoms with van der Waals surface area (Å²) < 4.78 is 43.6. The number of sulfonamides is 1. The minimum absolute atomic E-state index is 0.101. The number of nitrogens with one attached hydrogen (secondary N) is 2. The summed E-state index contributed by atoms with van der Waals surface area (Å²) in [6.07, 6.45) is -0.420. The van der Waals surface area contributed by atoms with E-state index >= 15 is 0 Å². The molecule has 0 radical (unpaired) electrons. The average Bonchev–Trinajstić information content (AvgIpc) is 2.85. The van der Waals surface area contributed by atoms with Gasteiger partial charge in [-0.15, -0.1) is 0 Å². The van der Waals surface area contributed by atoms with Gasteiger partial charge in [0.1, 0.15) is 17.7 Å². The average molecular weight is 492 g/mol. The van der Waals surface area contributed by atoms with Gasteiger partial charge in [-0.25, -0.2) is 8.42 Å². The van der Waals surface area contributed by atoms with Crippen LogP contribution in [0.1, 0.15) is 17.5 Å². The van der Waals surface area contributed by atoms with E-state index in [0.717, 1.165) is 5.56 Å². The Morgan fingerprint density at radius 3 is 2.56 bits per heavy atom. The molecule has 34 heavy (non-hydrogen) atoms. The minimum atomic E-state index is -3.89. The first kappa shape index (κ1) is 25.5. The highest BCUT2D eigenvalue weighted by Gasteiger charge is 2.35. The summed E-state index contributed by atoms with van der Waals surface area (Å²) in [5.41, 5.74) is 1.45. The maximum atomic E-state index is 13.2. The van der Waals surface area contributed by atoms with E-state index in [4.69, 9.17) is 14.2 Å². The number of rotatable bonds is 8. The smallest absolute Gasteiger partial charge is 0.309 e. The van der Waals surface area contributed by atoms with Crippen LogP contribution in [-0.2, 0) is 30.9 Å². The minimum Gasteiger partial charge on any atom is -0.497 e. The molecular weight excluding hydrogens is 462 g/mol. The number of hydrogen-bond acceptors (Lipinski definition) is 7. The van der Waals surface area contributed by atoms with Gasteiger partial charge in [0.05, 0.1) is 32.3 Å². The van der Waals surface area contributed by atoms with Crippen LogP contribution in [0.25, 0.3) is 0 Å². The molecule has 1 unspecified atom stereocenters. The summed E-state index contributed by atoms with van der Waals surface area (Å²) in [5.74, 6) is -0.495. The quantitative estimate of drug-likeness (QED) is 0.532. The van der Waals surface area contributed by atoms with Gasteiger partial charge in [-0.05, 0) is 54.8 Å². The second-order valence-electron chi connectivity index (χ2n) is 7.67. The zero-order chi connectivity index (χ0) is 24.7. The lowest BCUT2D eigenvalue weighted by atomic mass is 10.2. The Bertz CT molecular complexity index is 1140. The molecule has 0 aromatic heterocycles. The van der Waals surface area contributed by atoms with Gasteiger partial charge in [-0.2, -0.15) is 4.31 Å². The zero-order valence-corrected chi connectivity index (χ0v) is 20.2. The highest BCUT2D eigenvalue weighted by Crippen LogP contribution is 2.26. The molecule has 11 heteroatoms. The number of methoxy groups -OCH3 is 2. The second-order valence-corrected chi connectivity index (χ2v) is 9.56. The summed E-state index contributed by atoms with van der Waals surface area (Å²) >= 11 is 0. The van der Waals surface area contributed by atoms with E-state index < -0.39 is 28.1 Å². The Morgan fingerprint density at radius 2 is 1.85 bits per heavy atom. The summed E-state index contributed by atoms with van der Waals surface area (Å²) in [6, 6.07) is 11.7. The number of ether oxygens (including phenoxy) is 3. The third-order valence-electron chi connectivity index (χ3n) is 5.36. The maximum absolute atomic E-state index is 13.2. The van der Waals surface area contributed by atoms with Crippen molar-refractivity contribution in [3.8, 4) is 11.5 Å². The van der Waals surface area contributed by atoms with Crippen LogP contribution in [0.4, 0.5) is 0 Å². The molecule has 0 spiro atoms. The number of carbonyl (C=O) groups excluding carboxylic acids is 2. The molecule has 1 aliphatic rings. The molecular formula is C23H29N3O7S. The molecule has 0 bridgehead atoms. The first-order valence-corrected chi connectivity index (χ1v) is 12.2. The van der Waals surface area contributed by atoms with Crippen LogP contribution < -0.4 is 20.1 Å². The van der Waals surface area contributed by atoms with E-state index in [1.165, 1.54) is 30.7 Å². The predicted molar refractivity (Wildman–Crippen MR) is 124 cm³/mol. The van der Waals surface area contributed by atoms with Gasteiger partial charge in [-0.3, -0.25) is 9.59 Å². The van der Waals surface area contributed by atoms with Crippen molar-refractivity contribution in [2.24, 2.45) is 0 Å². The molecule has 1 saturated heterocycles. The SMILES string of the molecule is COc1cccc(CNC(=O)C(=O)NCC2OCCCN2S(=O)(=O)c2ccc(OC)c(C)c2)c1. The number of hydrogen-bond donors (Lipinski definition) is 2. The lowest BCUT2D eigenvalue weighted by molar-refractivity contribution is -0.140. The van der Waals surface area contributed by atoms with Crippen LogP contribution in [-0.4, -0.2) is 64.7 Å². The lowest BCUT2D eigenvalue weighted by Gasteiger charge is -2.34. The first-order chi connectivity index (χ1) is 16.3. The Morgan fingerprint density at radius 1 is 1.09 bits per heavy atom. The zero-order valence-electron chi connectivity index (χ0n) is 19.4. The molecule has 0 saturated carbocycles. The number of aryl methyl sites for hydroxylation is 1. The fourth-order valence-electron chi connectivity index (χ4n) is 3.55. The van der Waals surface area contributed by atoms with Crippen molar-refractivity contribution in [2.45, 2.75) is 31.0 Å². The van der Waals surface area contributed by atoms with Gasteiger partial charge in [0.15, 0.2) is 0 Å². The third kappa shape index (κ3) is 6.04. The number of amides is 2. The summed E-state index contributed by atoms with van der Waals surface area (Å²) in [6.45, 7) is 2.30. The van der Waals surface area contributed by atoms with Crippen LogP contribution in [0, 0.1) is 6.92 Å². The van der Waals surface area contributed by atoms with Gasteiger partial charge >= 0.3 is 11.8 Å². The van der Waals surface area contributed by atoms with Crippen molar-refractivity contribution in [1.82, 2.24) is 14.9 Å². The molecule has 10 nitrogen and oxygen atoms in total. The Hall–Kier alpha value is -3.15. The molecule has 2 aromatic carbocycles. The highest BCUT2D eigenvalue weighted by atomic mass is 32.2. The summed E-state index contributed by atoms with van der Waals surface area (Å²) in [4.78, 5) is 24.6. The molecule has 2 amide bonds. The van der Waals surface area contributed by atoms with E-state index in [9.17, 15) is 18.0 Å². The fraction of sp³-hybridized carbons (Fsp3) is 0.391. The molecule has 1 fully saturated rings. The maximum Gasteiger partial charge on any atom is 0.309 e. The van der Waals surface area contributed by atoms with Crippen LogP contribution in [0.3, 0.4) is 0 Å². The van der Waals surface area contributed by atoms with Crippen molar-refractivity contribution >= 4 is 21.8 Å². The van der Waals surface area contributed by atoms with Crippen molar-refractivity contribution < 1.29 is 32.2 Å². The second kappa shape index (κ2) is 11.3. The van der Waals surface area contributed by atoms with E-state index in [1.54, 1.807) is 37.3 Å². The van der Waals surface area contributed by atoms with E-state index in [0.29, 0.717) is 30.1 Å². The molecule has 184 valence electrons. The summed E-state index contributed by atoms with van der Waals surface area (Å²) in [5, 5.41) is 5.00. The van der Waals surface area contributed by atoms with Gasteiger partial charge in [0.25, 0.3) is 0 Å². The van der Waals surface area contributed by atoms with Crippen molar-refractivity contribution in [2.75, 3.05) is 33.9 Å². The molecule has 1 atom stereocenters. The van der Waals surface area contributed by atoms with Crippen LogP contribution in [0.2, 0.25) is 0 Å². The predicted octanol–water partition coefficient (Wildman–Crippen LogP) is 1.18. The Kier molecular flexibility index (Phi) is 8.48. The number of carbonyl (C=O) groups is 2. The first-order valence-electron chi connectivity index (χ1n) is 10.7. The van der Waals surface area contributed by atoms with Crippen LogP contribution >= 0.6 is 0 Å². The highest BCUT2D eigenvalue weighted by molar-refractivity contribution is 7.89. The van der Waals surface area contributed by atoms with E-state index in [-0.39, 0.29) is 24.5 Å². The van der Waals surface area contributed by atoms with Gasteiger partial charge in [-0.1, -0.05) is 12.1 Å². The molecule has 1 aliphatic heterocycles. The molecule has 3 rings (SSSR count). The third-order valence-corrected chi connectivity index (χ3v) is 7.24. The standard InChI is InChI=1S/C23H29N3O7S/c1-16-12-19(8-9-20(16)32-3)34(29,30)26-10-5-11-33-21(26)15-25-23(28)22(27)24-14-17-6-4-7-18(13-17)31-2/h4,6-9,12-13,21H,5,10-11,14-15H2,1-3H3,(H,24,27)(H,25,28). The topological polar surface area (TPSA) is 123 Å². The Labute approximate surface area is 199 Å². The van der Waals surface area contributed by atoms with Crippen molar-refractivity contribution in [1.29, 1.82) is 0 Å². The van der Waals surface area contributed by atoms with Gasteiger partial charge < -0.3 is 24.8 Å². The van der Waals surface area contributed by atoms with Gasteiger partial charge in [0.2, 0.25) is 10.0 Å². The van der Waals surface area contributed by atoms with E-state index in [1.807, 2.05) is 0 Å². The Balaban J connectivity index is 1.61. The van der Waals surface area contributed by atoms with Crippen LogP contribution in [0.15, 0.2) is 47.4 Å². The molecule has 1 heterocycles. The monoisotopic (exact) mass is 491 g/mol. The number of benzene rings is 2. The molecule has 2 N–H and O–H groups in total. The van der Waals surface area contributed by atoms with Crippen molar-refractivity contribution in [3.63, 3.8) is 0 Å². The normalized spacial score (nSPS) is 16.5. The largest absolute Gasteiger partial charge is 0.497 e. The van der Waals surface area contributed by atoms with Gasteiger partial charge in [0, 0.05) is 13.1 Å². The lowest BCUT2D eigenvalue weighted by Crippen LogP contribution is -2.53. The van der Waals surface area contributed by atoms with Crippen molar-refractivity contribution in [3.05, 3.63) is 53.6 Å².